The maximum absolute atomic E-state index is 12.5. The van der Waals surface area contributed by atoms with Gasteiger partial charge in [-0.1, -0.05) is 17.7 Å². The number of benzene rings is 1. The average Bonchev–Trinajstić information content (AvgIpc) is 2.92. The second-order valence-electron chi connectivity index (χ2n) is 6.46. The lowest BCUT2D eigenvalue weighted by atomic mass is 10.1. The molecule has 25 heavy (non-hydrogen) atoms. The molecular formula is C19H23N3O2S. The molecule has 1 aromatic carbocycles. The molecule has 0 N–H and O–H groups in total. The molecule has 0 atom stereocenters. The van der Waals surface area contributed by atoms with Crippen molar-refractivity contribution in [3.05, 3.63) is 51.0 Å². The Morgan fingerprint density at radius 1 is 1.00 bits per heavy atom. The van der Waals surface area contributed by atoms with E-state index < -0.39 is 0 Å². The highest BCUT2D eigenvalue weighted by atomic mass is 32.1. The van der Waals surface area contributed by atoms with Gasteiger partial charge in [-0.25, -0.2) is 4.98 Å². The Morgan fingerprint density at radius 2 is 1.60 bits per heavy atom. The first-order valence-electron chi connectivity index (χ1n) is 8.50. The lowest BCUT2D eigenvalue weighted by Gasteiger charge is -2.34. The highest BCUT2D eigenvalue weighted by molar-refractivity contribution is 7.11. The van der Waals surface area contributed by atoms with Crippen LogP contribution in [0.1, 0.15) is 31.5 Å². The van der Waals surface area contributed by atoms with Crippen LogP contribution in [0.15, 0.2) is 24.3 Å². The van der Waals surface area contributed by atoms with E-state index in [-0.39, 0.29) is 11.8 Å². The number of piperazine rings is 1. The number of thiazole rings is 1. The molecule has 6 heteroatoms. The van der Waals surface area contributed by atoms with Crippen LogP contribution in [0.5, 0.6) is 0 Å². The van der Waals surface area contributed by atoms with E-state index in [1.54, 1.807) is 11.3 Å². The van der Waals surface area contributed by atoms with Crippen molar-refractivity contribution in [1.29, 1.82) is 0 Å². The SMILES string of the molecule is Cc1ccc(C(=O)N2CCN(C(=O)Cc3sc(C)nc3C)CC2)cc1. The lowest BCUT2D eigenvalue weighted by Crippen LogP contribution is -2.51. The molecule has 2 aromatic rings. The standard InChI is InChI=1S/C19H23N3O2S/c1-13-4-6-16(7-5-13)19(24)22-10-8-21(9-11-22)18(23)12-17-14(2)20-15(3)25-17/h4-7H,8-12H2,1-3H3. The minimum absolute atomic E-state index is 0.0426. The van der Waals surface area contributed by atoms with E-state index in [1.165, 1.54) is 0 Å². The van der Waals surface area contributed by atoms with Gasteiger partial charge in [0, 0.05) is 36.6 Å². The van der Waals surface area contributed by atoms with Crippen LogP contribution in [-0.2, 0) is 11.2 Å². The molecule has 1 aliphatic heterocycles. The van der Waals surface area contributed by atoms with Gasteiger partial charge in [-0.15, -0.1) is 11.3 Å². The summed E-state index contributed by atoms with van der Waals surface area (Å²) < 4.78 is 0. The van der Waals surface area contributed by atoms with Crippen LogP contribution in [0.2, 0.25) is 0 Å². The van der Waals surface area contributed by atoms with Crippen molar-refractivity contribution < 1.29 is 9.59 Å². The third-order valence-corrected chi connectivity index (χ3v) is 5.60. The normalized spacial score (nSPS) is 14.7. The molecule has 0 saturated carbocycles. The molecule has 1 fully saturated rings. The van der Waals surface area contributed by atoms with Gasteiger partial charge in [0.05, 0.1) is 17.1 Å². The van der Waals surface area contributed by atoms with E-state index in [1.807, 2.05) is 54.8 Å². The molecule has 0 bridgehead atoms. The second-order valence-corrected chi connectivity index (χ2v) is 7.75. The fourth-order valence-corrected chi connectivity index (χ4v) is 3.95. The van der Waals surface area contributed by atoms with Gasteiger partial charge in [-0.3, -0.25) is 9.59 Å². The topological polar surface area (TPSA) is 53.5 Å². The van der Waals surface area contributed by atoms with Crippen molar-refractivity contribution >= 4 is 23.2 Å². The van der Waals surface area contributed by atoms with Gasteiger partial charge in [0.25, 0.3) is 5.91 Å². The molecule has 0 spiro atoms. The molecule has 1 aliphatic rings. The Bertz CT molecular complexity index is 774. The van der Waals surface area contributed by atoms with Gasteiger partial charge in [0.15, 0.2) is 0 Å². The van der Waals surface area contributed by atoms with Crippen molar-refractivity contribution in [2.45, 2.75) is 27.2 Å². The summed E-state index contributed by atoms with van der Waals surface area (Å²) in [5, 5.41) is 0.994. The summed E-state index contributed by atoms with van der Waals surface area (Å²) in [5.74, 6) is 0.162. The third kappa shape index (κ3) is 4.07. The molecule has 1 aromatic heterocycles. The highest BCUT2D eigenvalue weighted by Crippen LogP contribution is 2.19. The van der Waals surface area contributed by atoms with Crippen LogP contribution >= 0.6 is 11.3 Å². The predicted molar refractivity (Wildman–Crippen MR) is 99.0 cm³/mol. The number of rotatable bonds is 3. The number of amides is 2. The number of aryl methyl sites for hydroxylation is 3. The molecule has 132 valence electrons. The molecule has 0 radical (unpaired) electrons. The summed E-state index contributed by atoms with van der Waals surface area (Å²) in [6.45, 7) is 8.26. The predicted octanol–water partition coefficient (Wildman–Crippen LogP) is 2.60. The average molecular weight is 357 g/mol. The highest BCUT2D eigenvalue weighted by Gasteiger charge is 2.25. The summed E-state index contributed by atoms with van der Waals surface area (Å²) >= 11 is 1.59. The van der Waals surface area contributed by atoms with E-state index in [2.05, 4.69) is 4.98 Å². The lowest BCUT2D eigenvalue weighted by molar-refractivity contribution is -0.131. The van der Waals surface area contributed by atoms with Crippen molar-refractivity contribution in [3.8, 4) is 0 Å². The summed E-state index contributed by atoms with van der Waals surface area (Å²) in [5.41, 5.74) is 2.80. The zero-order valence-corrected chi connectivity index (χ0v) is 15.7. The van der Waals surface area contributed by atoms with E-state index in [4.69, 9.17) is 0 Å². The first kappa shape index (κ1) is 17.6. The smallest absolute Gasteiger partial charge is 0.253 e. The number of nitrogens with zero attached hydrogens (tertiary/aromatic N) is 3. The summed E-state index contributed by atoms with van der Waals surface area (Å²) in [6, 6.07) is 7.63. The Balaban J connectivity index is 1.56. The number of carbonyl (C=O) groups excluding carboxylic acids is 2. The van der Waals surface area contributed by atoms with Crippen molar-refractivity contribution in [2.75, 3.05) is 26.2 Å². The van der Waals surface area contributed by atoms with Gasteiger partial charge < -0.3 is 9.80 Å². The molecule has 5 nitrogen and oxygen atoms in total. The number of hydrogen-bond acceptors (Lipinski definition) is 4. The van der Waals surface area contributed by atoms with E-state index in [0.717, 1.165) is 21.1 Å². The van der Waals surface area contributed by atoms with E-state index in [9.17, 15) is 9.59 Å². The summed E-state index contributed by atoms with van der Waals surface area (Å²) in [4.78, 5) is 34.2. The maximum Gasteiger partial charge on any atom is 0.253 e. The van der Waals surface area contributed by atoms with E-state index in [0.29, 0.717) is 38.2 Å². The van der Waals surface area contributed by atoms with Crippen molar-refractivity contribution in [1.82, 2.24) is 14.8 Å². The Hall–Kier alpha value is -2.21. The summed E-state index contributed by atoms with van der Waals surface area (Å²) in [7, 11) is 0. The van der Waals surface area contributed by atoms with Crippen molar-refractivity contribution in [3.63, 3.8) is 0 Å². The molecule has 0 unspecified atom stereocenters. The van der Waals surface area contributed by atoms with Crippen LogP contribution in [-0.4, -0.2) is 52.8 Å². The fraction of sp³-hybridized carbons (Fsp3) is 0.421. The van der Waals surface area contributed by atoms with Crippen LogP contribution < -0.4 is 0 Å². The van der Waals surface area contributed by atoms with Crippen LogP contribution in [0, 0.1) is 20.8 Å². The fourth-order valence-electron chi connectivity index (χ4n) is 3.02. The van der Waals surface area contributed by atoms with Gasteiger partial charge >= 0.3 is 0 Å². The van der Waals surface area contributed by atoms with Crippen molar-refractivity contribution in [2.24, 2.45) is 0 Å². The van der Waals surface area contributed by atoms with Gasteiger partial charge in [0.1, 0.15) is 0 Å². The molecule has 1 saturated heterocycles. The Kier molecular flexibility index (Phi) is 5.18. The quantitative estimate of drug-likeness (QED) is 0.848. The zero-order valence-electron chi connectivity index (χ0n) is 14.9. The Morgan fingerprint density at radius 3 is 2.16 bits per heavy atom. The summed E-state index contributed by atoms with van der Waals surface area (Å²) in [6.07, 6.45) is 0.406. The van der Waals surface area contributed by atoms with Gasteiger partial charge in [0.2, 0.25) is 5.91 Å². The number of aromatic nitrogens is 1. The molecule has 2 heterocycles. The minimum atomic E-state index is 0.0426. The first-order chi connectivity index (χ1) is 11.9. The van der Waals surface area contributed by atoms with Crippen LogP contribution in [0.4, 0.5) is 0 Å². The zero-order chi connectivity index (χ0) is 18.0. The van der Waals surface area contributed by atoms with E-state index >= 15 is 0 Å². The van der Waals surface area contributed by atoms with Gasteiger partial charge in [-0.05, 0) is 32.9 Å². The van der Waals surface area contributed by atoms with Crippen LogP contribution in [0.25, 0.3) is 0 Å². The monoisotopic (exact) mass is 357 g/mol. The Labute approximate surface area is 152 Å². The van der Waals surface area contributed by atoms with Crippen LogP contribution in [0.3, 0.4) is 0 Å². The maximum atomic E-state index is 12.5. The van der Waals surface area contributed by atoms with Gasteiger partial charge in [-0.2, -0.15) is 0 Å². The minimum Gasteiger partial charge on any atom is -0.339 e. The number of carbonyl (C=O) groups is 2. The third-order valence-electron chi connectivity index (χ3n) is 4.53. The molecule has 0 aliphatic carbocycles. The molecular weight excluding hydrogens is 334 g/mol. The molecule has 2 amide bonds. The second kappa shape index (κ2) is 7.35. The number of hydrogen-bond donors (Lipinski definition) is 0. The molecule has 3 rings (SSSR count). The first-order valence-corrected chi connectivity index (χ1v) is 9.32. The largest absolute Gasteiger partial charge is 0.339 e.